The van der Waals surface area contributed by atoms with Crippen LogP contribution in [0.5, 0.6) is 0 Å². The van der Waals surface area contributed by atoms with Gasteiger partial charge in [0.2, 0.25) is 5.91 Å². The molecule has 0 aliphatic carbocycles. The van der Waals surface area contributed by atoms with E-state index >= 15 is 0 Å². The normalized spacial score (nSPS) is 12.3. The molecule has 0 aliphatic rings. The predicted octanol–water partition coefficient (Wildman–Crippen LogP) is 5.90. The van der Waals surface area contributed by atoms with Gasteiger partial charge in [0.25, 0.3) is 0 Å². The molecule has 0 bridgehead atoms. The molecule has 0 aliphatic heterocycles. The van der Waals surface area contributed by atoms with Crippen molar-refractivity contribution in [2.24, 2.45) is 0 Å². The molecule has 4 heteroatoms. The molecule has 1 unspecified atom stereocenters. The third kappa shape index (κ3) is 17.7. The number of hydrogen-bond acceptors (Lipinski definition) is 3. The van der Waals surface area contributed by atoms with Gasteiger partial charge in [-0.2, -0.15) is 0 Å². The zero-order valence-electron chi connectivity index (χ0n) is 16.4. The molecule has 0 radical (unpaired) electrons. The van der Waals surface area contributed by atoms with Crippen molar-refractivity contribution in [3.05, 3.63) is 0 Å². The van der Waals surface area contributed by atoms with Crippen LogP contribution in [0.25, 0.3) is 0 Å². The quantitative estimate of drug-likeness (QED) is 0.191. The highest BCUT2D eigenvalue weighted by Crippen LogP contribution is 2.12. The summed E-state index contributed by atoms with van der Waals surface area (Å²) >= 11 is 0. The third-order valence-corrected chi connectivity index (χ3v) is 4.25. The van der Waals surface area contributed by atoms with Crippen molar-refractivity contribution in [3.63, 3.8) is 0 Å². The Hall–Kier alpha value is -0.610. The molecular weight excluding hydrogens is 302 g/mol. The first-order chi connectivity index (χ1) is 11.7. The van der Waals surface area contributed by atoms with Crippen LogP contribution >= 0.6 is 0 Å². The highest BCUT2D eigenvalue weighted by Gasteiger charge is 2.05. The summed E-state index contributed by atoms with van der Waals surface area (Å²) in [4.78, 5) is 16.6. The summed E-state index contributed by atoms with van der Waals surface area (Å²) in [5.41, 5.74) is 2.45. The SMILES string of the molecule is CCCCCCCCCCCCCCCC(=O)NOC(C)OCC. The van der Waals surface area contributed by atoms with Gasteiger partial charge in [0.15, 0.2) is 6.29 Å². The van der Waals surface area contributed by atoms with Gasteiger partial charge in [0.05, 0.1) is 0 Å². The fraction of sp³-hybridized carbons (Fsp3) is 0.950. The molecule has 0 spiro atoms. The van der Waals surface area contributed by atoms with Crippen LogP contribution in [-0.4, -0.2) is 18.8 Å². The van der Waals surface area contributed by atoms with Crippen LogP contribution in [0.1, 0.15) is 111 Å². The van der Waals surface area contributed by atoms with Gasteiger partial charge < -0.3 is 4.74 Å². The summed E-state index contributed by atoms with van der Waals surface area (Å²) in [5, 5.41) is 0. The van der Waals surface area contributed by atoms with E-state index in [0.717, 1.165) is 12.8 Å². The third-order valence-electron chi connectivity index (χ3n) is 4.25. The predicted molar refractivity (Wildman–Crippen MR) is 101 cm³/mol. The Morgan fingerprint density at radius 1 is 0.792 bits per heavy atom. The Labute approximate surface area is 150 Å². The van der Waals surface area contributed by atoms with E-state index in [2.05, 4.69) is 12.4 Å². The average molecular weight is 344 g/mol. The van der Waals surface area contributed by atoms with Gasteiger partial charge in [-0.05, 0) is 20.3 Å². The van der Waals surface area contributed by atoms with Gasteiger partial charge in [-0.3, -0.25) is 4.79 Å². The standard InChI is InChI=1S/C20H41NO3/c1-4-6-7-8-9-10-11-12-13-14-15-16-17-18-20(22)21-24-19(3)23-5-2/h19H,4-18H2,1-3H3,(H,21,22). The van der Waals surface area contributed by atoms with Crippen LogP contribution in [-0.2, 0) is 14.4 Å². The van der Waals surface area contributed by atoms with Crippen molar-refractivity contribution in [3.8, 4) is 0 Å². The number of hydrogen-bond donors (Lipinski definition) is 1. The molecule has 24 heavy (non-hydrogen) atoms. The first kappa shape index (κ1) is 23.4. The summed E-state index contributed by atoms with van der Waals surface area (Å²) in [6, 6.07) is 0. The van der Waals surface area contributed by atoms with E-state index in [1.165, 1.54) is 70.6 Å². The van der Waals surface area contributed by atoms with Gasteiger partial charge in [-0.25, -0.2) is 10.3 Å². The second-order valence-electron chi connectivity index (χ2n) is 6.66. The number of unbranched alkanes of at least 4 members (excludes halogenated alkanes) is 12. The van der Waals surface area contributed by atoms with Gasteiger partial charge >= 0.3 is 0 Å². The fourth-order valence-corrected chi connectivity index (χ4v) is 2.77. The van der Waals surface area contributed by atoms with Crippen LogP contribution < -0.4 is 5.48 Å². The highest BCUT2D eigenvalue weighted by molar-refractivity contribution is 5.74. The first-order valence-corrected chi connectivity index (χ1v) is 10.3. The summed E-state index contributed by atoms with van der Waals surface area (Å²) in [6.45, 7) is 6.52. The number of ether oxygens (including phenoxy) is 1. The van der Waals surface area contributed by atoms with Crippen molar-refractivity contribution in [1.82, 2.24) is 5.48 Å². The molecule has 1 amide bonds. The second-order valence-corrected chi connectivity index (χ2v) is 6.66. The molecule has 0 saturated carbocycles. The Morgan fingerprint density at radius 3 is 1.71 bits per heavy atom. The van der Waals surface area contributed by atoms with Crippen LogP contribution in [0.4, 0.5) is 0 Å². The fourth-order valence-electron chi connectivity index (χ4n) is 2.77. The number of carbonyl (C=O) groups excluding carboxylic acids is 1. The minimum absolute atomic E-state index is 0.0513. The molecule has 1 N–H and O–H groups in total. The lowest BCUT2D eigenvalue weighted by Gasteiger charge is -2.12. The van der Waals surface area contributed by atoms with E-state index in [1.807, 2.05) is 6.92 Å². The topological polar surface area (TPSA) is 47.6 Å². The van der Waals surface area contributed by atoms with Crippen molar-refractivity contribution in [2.75, 3.05) is 6.61 Å². The van der Waals surface area contributed by atoms with Crippen LogP contribution in [0.15, 0.2) is 0 Å². The summed E-state index contributed by atoms with van der Waals surface area (Å²) in [6.07, 6.45) is 17.3. The maximum absolute atomic E-state index is 11.6. The maximum Gasteiger partial charge on any atom is 0.243 e. The molecule has 0 aromatic rings. The second kappa shape index (κ2) is 18.7. The number of amides is 1. The summed E-state index contributed by atoms with van der Waals surface area (Å²) in [5.74, 6) is -0.0513. The highest BCUT2D eigenvalue weighted by atomic mass is 16.8. The van der Waals surface area contributed by atoms with E-state index in [4.69, 9.17) is 9.57 Å². The summed E-state index contributed by atoms with van der Waals surface area (Å²) < 4.78 is 5.18. The zero-order valence-corrected chi connectivity index (χ0v) is 16.4. The minimum Gasteiger partial charge on any atom is -0.351 e. The van der Waals surface area contributed by atoms with Gasteiger partial charge in [0, 0.05) is 13.0 Å². The maximum atomic E-state index is 11.6. The molecule has 4 nitrogen and oxygen atoms in total. The molecule has 0 saturated heterocycles. The molecule has 1 atom stereocenters. The van der Waals surface area contributed by atoms with Crippen LogP contribution in [0.3, 0.4) is 0 Å². The lowest BCUT2D eigenvalue weighted by Crippen LogP contribution is -2.29. The van der Waals surface area contributed by atoms with Crippen LogP contribution in [0.2, 0.25) is 0 Å². The van der Waals surface area contributed by atoms with Gasteiger partial charge in [-0.1, -0.05) is 84.0 Å². The summed E-state index contributed by atoms with van der Waals surface area (Å²) in [7, 11) is 0. The van der Waals surface area contributed by atoms with E-state index in [9.17, 15) is 4.79 Å². The van der Waals surface area contributed by atoms with Crippen molar-refractivity contribution >= 4 is 5.91 Å². The molecular formula is C20H41NO3. The van der Waals surface area contributed by atoms with Crippen molar-refractivity contribution in [1.29, 1.82) is 0 Å². The van der Waals surface area contributed by atoms with Gasteiger partial charge in [-0.15, -0.1) is 0 Å². The first-order valence-electron chi connectivity index (χ1n) is 10.3. The van der Waals surface area contributed by atoms with Crippen molar-refractivity contribution in [2.45, 2.75) is 117 Å². The largest absolute Gasteiger partial charge is 0.351 e. The number of hydroxylamine groups is 1. The molecule has 144 valence electrons. The Morgan fingerprint density at radius 2 is 1.25 bits per heavy atom. The molecule has 0 rings (SSSR count). The minimum atomic E-state index is -0.384. The number of rotatable bonds is 18. The van der Waals surface area contributed by atoms with Crippen molar-refractivity contribution < 1.29 is 14.4 Å². The van der Waals surface area contributed by atoms with E-state index in [0.29, 0.717) is 13.0 Å². The zero-order chi connectivity index (χ0) is 17.9. The van der Waals surface area contributed by atoms with E-state index in [-0.39, 0.29) is 12.2 Å². The lowest BCUT2D eigenvalue weighted by atomic mass is 10.0. The number of carbonyl (C=O) groups is 1. The lowest BCUT2D eigenvalue weighted by molar-refractivity contribution is -0.178. The molecule has 0 heterocycles. The van der Waals surface area contributed by atoms with E-state index < -0.39 is 0 Å². The molecule has 0 aromatic heterocycles. The monoisotopic (exact) mass is 343 g/mol. The Bertz CT molecular complexity index is 272. The number of nitrogens with one attached hydrogen (secondary N) is 1. The molecule has 0 aromatic carbocycles. The molecule has 0 fully saturated rings. The Kier molecular flexibility index (Phi) is 18.2. The van der Waals surface area contributed by atoms with Crippen LogP contribution in [0, 0.1) is 0 Å². The Balaban J connectivity index is 3.18. The smallest absolute Gasteiger partial charge is 0.243 e. The van der Waals surface area contributed by atoms with E-state index in [1.54, 1.807) is 6.92 Å². The average Bonchev–Trinajstić information content (AvgIpc) is 2.57. The van der Waals surface area contributed by atoms with Gasteiger partial charge in [0.1, 0.15) is 0 Å².